The Labute approximate surface area is 120 Å². The van der Waals surface area contributed by atoms with Crippen molar-refractivity contribution in [2.75, 3.05) is 27.3 Å². The monoisotopic (exact) mass is 277 g/mol. The Kier molecular flexibility index (Phi) is 4.88. The SMILES string of the molecule is COc1cc(C)c(CC(=O)N2CCCCC2)cc1OC. The van der Waals surface area contributed by atoms with Crippen LogP contribution in [0, 0.1) is 6.92 Å². The van der Waals surface area contributed by atoms with E-state index in [0.717, 1.165) is 37.1 Å². The Bertz CT molecular complexity index is 479. The van der Waals surface area contributed by atoms with E-state index in [0.29, 0.717) is 17.9 Å². The molecular weight excluding hydrogens is 254 g/mol. The van der Waals surface area contributed by atoms with Crippen LogP contribution in [0.1, 0.15) is 30.4 Å². The second-order valence-electron chi connectivity index (χ2n) is 5.25. The van der Waals surface area contributed by atoms with Crippen molar-refractivity contribution in [3.05, 3.63) is 23.3 Å². The van der Waals surface area contributed by atoms with Gasteiger partial charge < -0.3 is 14.4 Å². The highest BCUT2D eigenvalue weighted by Gasteiger charge is 2.18. The van der Waals surface area contributed by atoms with Gasteiger partial charge in [-0.25, -0.2) is 0 Å². The number of ether oxygens (including phenoxy) is 2. The van der Waals surface area contributed by atoms with Crippen molar-refractivity contribution < 1.29 is 14.3 Å². The molecule has 0 unspecified atom stereocenters. The molecule has 4 heteroatoms. The molecule has 4 nitrogen and oxygen atoms in total. The first-order valence-electron chi connectivity index (χ1n) is 7.15. The number of hydrogen-bond acceptors (Lipinski definition) is 3. The summed E-state index contributed by atoms with van der Waals surface area (Å²) < 4.78 is 10.6. The lowest BCUT2D eigenvalue weighted by atomic mass is 10.0. The Hall–Kier alpha value is -1.71. The number of aryl methyl sites for hydroxylation is 1. The van der Waals surface area contributed by atoms with E-state index in [2.05, 4.69) is 0 Å². The first-order valence-corrected chi connectivity index (χ1v) is 7.15. The molecule has 2 rings (SSSR count). The Morgan fingerprint density at radius 1 is 1.10 bits per heavy atom. The molecule has 0 aromatic heterocycles. The minimum absolute atomic E-state index is 0.208. The average molecular weight is 277 g/mol. The molecule has 0 bridgehead atoms. The van der Waals surface area contributed by atoms with Gasteiger partial charge in [-0.05, 0) is 49.4 Å². The number of carbonyl (C=O) groups is 1. The zero-order chi connectivity index (χ0) is 14.5. The maximum absolute atomic E-state index is 12.3. The Morgan fingerprint density at radius 3 is 2.30 bits per heavy atom. The summed E-state index contributed by atoms with van der Waals surface area (Å²) in [6, 6.07) is 3.84. The molecule has 0 radical (unpaired) electrons. The highest BCUT2D eigenvalue weighted by atomic mass is 16.5. The molecule has 0 spiro atoms. The van der Waals surface area contributed by atoms with Crippen LogP contribution in [0.2, 0.25) is 0 Å². The summed E-state index contributed by atoms with van der Waals surface area (Å²) in [4.78, 5) is 14.3. The zero-order valence-electron chi connectivity index (χ0n) is 12.6. The number of piperidine rings is 1. The van der Waals surface area contributed by atoms with Gasteiger partial charge >= 0.3 is 0 Å². The quantitative estimate of drug-likeness (QED) is 0.849. The van der Waals surface area contributed by atoms with E-state index in [4.69, 9.17) is 9.47 Å². The van der Waals surface area contributed by atoms with Gasteiger partial charge in [-0.1, -0.05) is 0 Å². The van der Waals surface area contributed by atoms with Crippen LogP contribution >= 0.6 is 0 Å². The molecule has 1 fully saturated rings. The van der Waals surface area contributed by atoms with Crippen LogP contribution in [0.25, 0.3) is 0 Å². The van der Waals surface area contributed by atoms with Crippen LogP contribution < -0.4 is 9.47 Å². The van der Waals surface area contributed by atoms with E-state index in [9.17, 15) is 4.79 Å². The van der Waals surface area contributed by atoms with Crippen molar-refractivity contribution in [2.24, 2.45) is 0 Å². The molecule has 0 atom stereocenters. The third-order valence-electron chi connectivity index (χ3n) is 3.89. The maximum atomic E-state index is 12.3. The fourth-order valence-electron chi connectivity index (χ4n) is 2.63. The Balaban J connectivity index is 2.13. The molecule has 1 aromatic rings. The molecule has 0 N–H and O–H groups in total. The summed E-state index contributed by atoms with van der Waals surface area (Å²) in [5.74, 6) is 1.60. The minimum Gasteiger partial charge on any atom is -0.493 e. The molecule has 1 aliphatic heterocycles. The number of amides is 1. The lowest BCUT2D eigenvalue weighted by Crippen LogP contribution is -2.36. The molecule has 110 valence electrons. The highest BCUT2D eigenvalue weighted by Crippen LogP contribution is 2.30. The van der Waals surface area contributed by atoms with Crippen molar-refractivity contribution in [1.82, 2.24) is 4.90 Å². The summed E-state index contributed by atoms with van der Waals surface area (Å²) in [5, 5.41) is 0. The minimum atomic E-state index is 0.208. The highest BCUT2D eigenvalue weighted by molar-refractivity contribution is 5.79. The van der Waals surface area contributed by atoms with Gasteiger partial charge in [0, 0.05) is 13.1 Å². The molecule has 1 saturated heterocycles. The van der Waals surface area contributed by atoms with E-state index < -0.39 is 0 Å². The predicted molar refractivity (Wildman–Crippen MR) is 78.4 cm³/mol. The van der Waals surface area contributed by atoms with Gasteiger partial charge in [-0.3, -0.25) is 4.79 Å². The van der Waals surface area contributed by atoms with Gasteiger partial charge in [0.1, 0.15) is 0 Å². The lowest BCUT2D eigenvalue weighted by Gasteiger charge is -2.27. The van der Waals surface area contributed by atoms with Crippen molar-refractivity contribution in [3.63, 3.8) is 0 Å². The van der Waals surface area contributed by atoms with Crippen molar-refractivity contribution in [3.8, 4) is 11.5 Å². The summed E-state index contributed by atoms with van der Waals surface area (Å²) in [6.45, 7) is 3.79. The van der Waals surface area contributed by atoms with Crippen molar-refractivity contribution in [1.29, 1.82) is 0 Å². The van der Waals surface area contributed by atoms with Crippen LogP contribution in [-0.4, -0.2) is 38.1 Å². The summed E-state index contributed by atoms with van der Waals surface area (Å²) in [5.41, 5.74) is 2.08. The first-order chi connectivity index (χ1) is 9.65. The normalized spacial score (nSPS) is 15.1. The van der Waals surface area contributed by atoms with Crippen LogP contribution in [0.5, 0.6) is 11.5 Å². The maximum Gasteiger partial charge on any atom is 0.227 e. The smallest absolute Gasteiger partial charge is 0.227 e. The Morgan fingerprint density at radius 2 is 1.70 bits per heavy atom. The van der Waals surface area contributed by atoms with Crippen LogP contribution in [0.15, 0.2) is 12.1 Å². The molecule has 20 heavy (non-hydrogen) atoms. The van der Waals surface area contributed by atoms with Crippen molar-refractivity contribution in [2.45, 2.75) is 32.6 Å². The third-order valence-corrected chi connectivity index (χ3v) is 3.89. The summed E-state index contributed by atoms with van der Waals surface area (Å²) in [7, 11) is 3.24. The van der Waals surface area contributed by atoms with Crippen LogP contribution in [-0.2, 0) is 11.2 Å². The summed E-state index contributed by atoms with van der Waals surface area (Å²) in [6.07, 6.45) is 3.92. The lowest BCUT2D eigenvalue weighted by molar-refractivity contribution is -0.131. The second kappa shape index (κ2) is 6.64. The molecule has 0 saturated carbocycles. The number of rotatable bonds is 4. The topological polar surface area (TPSA) is 38.8 Å². The van der Waals surface area contributed by atoms with Gasteiger partial charge in [0.15, 0.2) is 11.5 Å². The fourth-order valence-corrected chi connectivity index (χ4v) is 2.63. The predicted octanol–water partition coefficient (Wildman–Crippen LogP) is 2.57. The van der Waals surface area contributed by atoms with E-state index in [1.165, 1.54) is 6.42 Å². The van der Waals surface area contributed by atoms with Crippen LogP contribution in [0.3, 0.4) is 0 Å². The number of hydrogen-bond donors (Lipinski definition) is 0. The molecule has 1 aliphatic rings. The molecule has 1 amide bonds. The number of methoxy groups -OCH3 is 2. The van der Waals surface area contributed by atoms with Gasteiger partial charge in [0.05, 0.1) is 20.6 Å². The van der Waals surface area contributed by atoms with Gasteiger partial charge in [-0.2, -0.15) is 0 Å². The molecule has 0 aliphatic carbocycles. The van der Waals surface area contributed by atoms with Gasteiger partial charge in [0.25, 0.3) is 0 Å². The fraction of sp³-hybridized carbons (Fsp3) is 0.562. The van der Waals surface area contributed by atoms with E-state index in [1.54, 1.807) is 14.2 Å². The summed E-state index contributed by atoms with van der Waals surface area (Å²) >= 11 is 0. The standard InChI is InChI=1S/C16H23NO3/c1-12-9-14(19-2)15(20-3)10-13(12)11-16(18)17-7-5-4-6-8-17/h9-10H,4-8,11H2,1-3H3. The number of benzene rings is 1. The first kappa shape index (κ1) is 14.7. The molecule has 1 aromatic carbocycles. The number of nitrogens with zero attached hydrogens (tertiary/aromatic N) is 1. The molecule has 1 heterocycles. The zero-order valence-corrected chi connectivity index (χ0v) is 12.6. The van der Waals surface area contributed by atoms with Gasteiger partial charge in [0.2, 0.25) is 5.91 Å². The third kappa shape index (κ3) is 3.24. The largest absolute Gasteiger partial charge is 0.493 e. The average Bonchev–Trinajstić information content (AvgIpc) is 2.49. The second-order valence-corrected chi connectivity index (χ2v) is 5.25. The van der Waals surface area contributed by atoms with Crippen LogP contribution in [0.4, 0.5) is 0 Å². The van der Waals surface area contributed by atoms with E-state index in [-0.39, 0.29) is 5.91 Å². The molecular formula is C16H23NO3. The number of carbonyl (C=O) groups excluding carboxylic acids is 1. The number of likely N-dealkylation sites (tertiary alicyclic amines) is 1. The van der Waals surface area contributed by atoms with Gasteiger partial charge in [-0.15, -0.1) is 0 Å². The van der Waals surface area contributed by atoms with Crippen molar-refractivity contribution >= 4 is 5.91 Å². The van der Waals surface area contributed by atoms with E-state index in [1.807, 2.05) is 24.0 Å². The van der Waals surface area contributed by atoms with E-state index >= 15 is 0 Å².